The van der Waals surface area contributed by atoms with Gasteiger partial charge in [-0.05, 0) is 25.7 Å². The molecular formula is C12H21N3O3. The molecule has 2 saturated heterocycles. The summed E-state index contributed by atoms with van der Waals surface area (Å²) in [4.78, 5) is 25.9. The van der Waals surface area contributed by atoms with Crippen LogP contribution < -0.4 is 11.1 Å². The lowest BCUT2D eigenvalue weighted by Gasteiger charge is -2.37. The van der Waals surface area contributed by atoms with E-state index in [2.05, 4.69) is 5.32 Å². The van der Waals surface area contributed by atoms with Gasteiger partial charge in [0.1, 0.15) is 6.04 Å². The second kappa shape index (κ2) is 5.24. The molecule has 0 aromatic heterocycles. The fourth-order valence-corrected chi connectivity index (χ4v) is 2.68. The molecule has 2 amide bonds. The average molecular weight is 255 g/mol. The number of rotatable bonds is 2. The van der Waals surface area contributed by atoms with Crippen LogP contribution in [0, 0.1) is 0 Å². The molecule has 1 atom stereocenters. The number of nitrogens with two attached hydrogens (primary N) is 1. The van der Waals surface area contributed by atoms with E-state index in [4.69, 9.17) is 10.5 Å². The Bertz CT molecular complexity index is 339. The SMILES string of the molecule is CNC(=O)C1CCCN1C(=O)C1(N)CCOCC1. The maximum atomic E-state index is 12.5. The topological polar surface area (TPSA) is 84.7 Å². The lowest BCUT2D eigenvalue weighted by Crippen LogP contribution is -2.60. The maximum absolute atomic E-state index is 12.5. The molecule has 0 saturated carbocycles. The summed E-state index contributed by atoms with van der Waals surface area (Å²) in [6, 6.07) is -0.356. The number of ether oxygens (including phenoxy) is 1. The van der Waals surface area contributed by atoms with E-state index in [0.29, 0.717) is 32.6 Å². The van der Waals surface area contributed by atoms with Crippen LogP contribution in [-0.2, 0) is 14.3 Å². The monoisotopic (exact) mass is 255 g/mol. The summed E-state index contributed by atoms with van der Waals surface area (Å²) >= 11 is 0. The van der Waals surface area contributed by atoms with Crippen molar-refractivity contribution in [1.82, 2.24) is 10.2 Å². The van der Waals surface area contributed by atoms with Gasteiger partial charge in [0.15, 0.2) is 0 Å². The molecule has 2 aliphatic rings. The van der Waals surface area contributed by atoms with Crippen molar-refractivity contribution in [3.63, 3.8) is 0 Å². The Balaban J connectivity index is 2.09. The van der Waals surface area contributed by atoms with Gasteiger partial charge in [0.2, 0.25) is 11.8 Å². The van der Waals surface area contributed by atoms with Crippen molar-refractivity contribution in [3.8, 4) is 0 Å². The van der Waals surface area contributed by atoms with Crippen molar-refractivity contribution in [2.45, 2.75) is 37.3 Å². The number of nitrogens with zero attached hydrogens (tertiary/aromatic N) is 1. The van der Waals surface area contributed by atoms with Crippen LogP contribution in [0.2, 0.25) is 0 Å². The number of carbonyl (C=O) groups is 2. The average Bonchev–Trinajstić information content (AvgIpc) is 2.86. The van der Waals surface area contributed by atoms with E-state index in [1.807, 2.05) is 0 Å². The summed E-state index contributed by atoms with van der Waals surface area (Å²) in [5.74, 6) is -0.201. The summed E-state index contributed by atoms with van der Waals surface area (Å²) in [6.45, 7) is 1.65. The molecule has 18 heavy (non-hydrogen) atoms. The first-order valence-electron chi connectivity index (χ1n) is 6.48. The van der Waals surface area contributed by atoms with Crippen LogP contribution in [0.15, 0.2) is 0 Å². The Labute approximate surface area is 107 Å². The fourth-order valence-electron chi connectivity index (χ4n) is 2.68. The number of amides is 2. The van der Waals surface area contributed by atoms with E-state index in [1.54, 1.807) is 11.9 Å². The summed E-state index contributed by atoms with van der Waals surface area (Å²) in [7, 11) is 1.59. The van der Waals surface area contributed by atoms with Gasteiger partial charge in [-0.3, -0.25) is 9.59 Å². The van der Waals surface area contributed by atoms with Gasteiger partial charge < -0.3 is 20.7 Å². The molecule has 0 bridgehead atoms. The van der Waals surface area contributed by atoms with Gasteiger partial charge in [-0.25, -0.2) is 0 Å². The van der Waals surface area contributed by atoms with Crippen molar-refractivity contribution >= 4 is 11.8 Å². The van der Waals surface area contributed by atoms with Crippen LogP contribution in [0.3, 0.4) is 0 Å². The molecule has 2 aliphatic heterocycles. The van der Waals surface area contributed by atoms with Gasteiger partial charge in [-0.1, -0.05) is 0 Å². The molecule has 0 aliphatic carbocycles. The first kappa shape index (κ1) is 13.3. The fraction of sp³-hybridized carbons (Fsp3) is 0.833. The molecule has 0 spiro atoms. The summed E-state index contributed by atoms with van der Waals surface area (Å²) < 4.78 is 5.24. The zero-order valence-electron chi connectivity index (χ0n) is 10.8. The smallest absolute Gasteiger partial charge is 0.243 e. The molecule has 0 aromatic rings. The number of likely N-dealkylation sites (tertiary alicyclic amines) is 1. The first-order chi connectivity index (χ1) is 8.58. The summed E-state index contributed by atoms with van der Waals surface area (Å²) in [5.41, 5.74) is 5.33. The van der Waals surface area contributed by atoms with E-state index >= 15 is 0 Å². The van der Waals surface area contributed by atoms with Crippen molar-refractivity contribution in [2.75, 3.05) is 26.8 Å². The number of nitrogens with one attached hydrogen (secondary N) is 1. The zero-order chi connectivity index (χ0) is 13.2. The van der Waals surface area contributed by atoms with E-state index in [9.17, 15) is 9.59 Å². The van der Waals surface area contributed by atoms with Crippen LogP contribution >= 0.6 is 0 Å². The van der Waals surface area contributed by atoms with Gasteiger partial charge in [-0.15, -0.1) is 0 Å². The molecule has 102 valence electrons. The molecule has 0 radical (unpaired) electrons. The summed E-state index contributed by atoms with van der Waals surface area (Å²) in [5, 5.41) is 2.61. The van der Waals surface area contributed by atoms with Gasteiger partial charge in [-0.2, -0.15) is 0 Å². The predicted molar refractivity (Wildman–Crippen MR) is 65.8 cm³/mol. The zero-order valence-corrected chi connectivity index (χ0v) is 10.8. The third-order valence-corrected chi connectivity index (χ3v) is 3.87. The summed E-state index contributed by atoms with van der Waals surface area (Å²) in [6.07, 6.45) is 2.64. The maximum Gasteiger partial charge on any atom is 0.243 e. The minimum absolute atomic E-state index is 0.100. The highest BCUT2D eigenvalue weighted by Crippen LogP contribution is 2.26. The van der Waals surface area contributed by atoms with Crippen LogP contribution in [0.5, 0.6) is 0 Å². The van der Waals surface area contributed by atoms with Gasteiger partial charge in [0.05, 0.1) is 5.54 Å². The molecular weight excluding hydrogens is 234 g/mol. The molecule has 3 N–H and O–H groups in total. The minimum Gasteiger partial charge on any atom is -0.381 e. The molecule has 2 rings (SSSR count). The quantitative estimate of drug-likeness (QED) is 0.678. The third kappa shape index (κ3) is 2.35. The van der Waals surface area contributed by atoms with Crippen LogP contribution in [0.1, 0.15) is 25.7 Å². The van der Waals surface area contributed by atoms with E-state index in [-0.39, 0.29) is 17.9 Å². The molecule has 2 fully saturated rings. The third-order valence-electron chi connectivity index (χ3n) is 3.87. The second-order valence-electron chi connectivity index (χ2n) is 5.04. The highest BCUT2D eigenvalue weighted by molar-refractivity contribution is 5.92. The Morgan fingerprint density at radius 2 is 2.06 bits per heavy atom. The molecule has 0 aromatic carbocycles. The molecule has 6 heteroatoms. The normalized spacial score (nSPS) is 27.0. The molecule has 6 nitrogen and oxygen atoms in total. The Morgan fingerprint density at radius 1 is 1.39 bits per heavy atom. The second-order valence-corrected chi connectivity index (χ2v) is 5.04. The number of hydrogen-bond acceptors (Lipinski definition) is 4. The lowest BCUT2D eigenvalue weighted by atomic mass is 9.89. The molecule has 2 heterocycles. The van der Waals surface area contributed by atoms with E-state index < -0.39 is 5.54 Å². The number of hydrogen-bond donors (Lipinski definition) is 2. The largest absolute Gasteiger partial charge is 0.381 e. The van der Waals surface area contributed by atoms with Crippen LogP contribution in [-0.4, -0.2) is 55.1 Å². The Hall–Kier alpha value is -1.14. The van der Waals surface area contributed by atoms with Crippen LogP contribution in [0.25, 0.3) is 0 Å². The van der Waals surface area contributed by atoms with Gasteiger partial charge in [0, 0.05) is 26.8 Å². The van der Waals surface area contributed by atoms with E-state index in [1.165, 1.54) is 0 Å². The Kier molecular flexibility index (Phi) is 3.87. The van der Waals surface area contributed by atoms with Crippen molar-refractivity contribution in [1.29, 1.82) is 0 Å². The van der Waals surface area contributed by atoms with E-state index in [0.717, 1.165) is 12.8 Å². The van der Waals surface area contributed by atoms with Gasteiger partial charge >= 0.3 is 0 Å². The number of carbonyl (C=O) groups excluding carboxylic acids is 2. The highest BCUT2D eigenvalue weighted by atomic mass is 16.5. The Morgan fingerprint density at radius 3 is 2.67 bits per heavy atom. The minimum atomic E-state index is -0.852. The number of likely N-dealkylation sites (N-methyl/N-ethyl adjacent to an activating group) is 1. The van der Waals surface area contributed by atoms with Crippen molar-refractivity contribution in [3.05, 3.63) is 0 Å². The van der Waals surface area contributed by atoms with Gasteiger partial charge in [0.25, 0.3) is 0 Å². The van der Waals surface area contributed by atoms with Crippen molar-refractivity contribution < 1.29 is 14.3 Å². The molecule has 1 unspecified atom stereocenters. The first-order valence-corrected chi connectivity index (χ1v) is 6.48. The van der Waals surface area contributed by atoms with Crippen LogP contribution in [0.4, 0.5) is 0 Å². The predicted octanol–water partition coefficient (Wildman–Crippen LogP) is -0.769. The highest BCUT2D eigenvalue weighted by Gasteiger charge is 2.44. The van der Waals surface area contributed by atoms with Crippen molar-refractivity contribution in [2.24, 2.45) is 5.73 Å². The standard InChI is InChI=1S/C12H21N3O3/c1-14-10(16)9-3-2-6-15(9)11(17)12(13)4-7-18-8-5-12/h9H,2-8,13H2,1H3,(H,14,16). The lowest BCUT2D eigenvalue weighted by molar-refractivity contribution is -0.145.